The topological polar surface area (TPSA) is 187 Å². The number of phenolic OH excluding ortho intramolecular Hbond substituents is 1. The lowest BCUT2D eigenvalue weighted by atomic mass is 9.56. The maximum absolute atomic E-state index is 15.3. The van der Waals surface area contributed by atoms with E-state index in [9.17, 15) is 19.5 Å². The first kappa shape index (κ1) is 43.0. The fraction of sp³-hybridized carbons (Fsp3) is 0.340. The number of hydrogen-bond donors (Lipinski definition) is 1. The molecule has 2 aliphatic heterocycles. The lowest BCUT2D eigenvalue weighted by Gasteiger charge is -2.47. The van der Waals surface area contributed by atoms with Crippen molar-refractivity contribution in [3.63, 3.8) is 0 Å². The molecule has 1 aliphatic carbocycles. The van der Waals surface area contributed by atoms with Crippen LogP contribution >= 0.6 is 22.9 Å². The summed E-state index contributed by atoms with van der Waals surface area (Å²) >= 11 is 7.89. The van der Waals surface area contributed by atoms with Crippen molar-refractivity contribution in [3.8, 4) is 33.6 Å². The number of phenols is 1. The van der Waals surface area contributed by atoms with E-state index in [4.69, 9.17) is 30.9 Å². The van der Waals surface area contributed by atoms with Crippen LogP contribution in [-0.2, 0) is 43.2 Å². The van der Waals surface area contributed by atoms with E-state index in [1.807, 2.05) is 31.2 Å². The SMILES string of the molecule is CCOc1cc(C2C3=CCn4c(=O)n(CCc5nc6cc(OC)c(OC)cc6n(C)c5=O)c(=O)n4C3CC3C(=O)N(c4cc(-c5sc6ccc(Cl)cc6c5C)nn4C)C(=O)C32C)ccc1O. The number of halogens is 1. The van der Waals surface area contributed by atoms with Crippen LogP contribution in [-0.4, -0.2) is 71.0 Å². The maximum atomic E-state index is 15.3. The number of allylic oxidation sites excluding steroid dienone is 2. The first-order valence-electron chi connectivity index (χ1n) is 21.4. The Kier molecular flexibility index (Phi) is 10.2. The summed E-state index contributed by atoms with van der Waals surface area (Å²) in [6.45, 7) is 5.65. The molecule has 3 aliphatic rings. The van der Waals surface area contributed by atoms with Gasteiger partial charge in [0.05, 0.1) is 60.7 Å². The molecule has 0 bridgehead atoms. The van der Waals surface area contributed by atoms with Gasteiger partial charge in [-0.25, -0.2) is 33.4 Å². The number of nitrogens with zero attached hydrogens (tertiary/aromatic N) is 8. The Balaban J connectivity index is 1.05. The molecular formula is C47H45ClN8O9S. The monoisotopic (exact) mass is 932 g/mol. The van der Waals surface area contributed by atoms with Crippen LogP contribution < -0.4 is 36.0 Å². The smallest absolute Gasteiger partial charge is 0.347 e. The Morgan fingerprint density at radius 2 is 1.71 bits per heavy atom. The summed E-state index contributed by atoms with van der Waals surface area (Å²) in [6, 6.07) is 14.8. The Morgan fingerprint density at radius 1 is 0.955 bits per heavy atom. The maximum Gasteiger partial charge on any atom is 0.347 e. The van der Waals surface area contributed by atoms with E-state index >= 15 is 9.59 Å². The average Bonchev–Trinajstić information content (AvgIpc) is 3.97. The van der Waals surface area contributed by atoms with Crippen LogP contribution in [0.25, 0.3) is 31.7 Å². The number of aromatic hydroxyl groups is 1. The molecule has 10 rings (SSSR count). The van der Waals surface area contributed by atoms with Gasteiger partial charge in [-0.15, -0.1) is 11.3 Å². The standard InChI is InChI=1S/C47H45ClN8O9S/c1-8-65-35-17-24(9-11-34(35)57)40-26-13-16-54-45(61)53(15-14-29-43(59)51(4)33-22-37(64-7)36(63-6)20-30(33)49-29)46(62)56(54)32(26)19-28-42(58)55(44(60)47(28,40)3)39-21-31(50-52(39)5)41-23(2)27-18-25(48)10-12-38(27)66-41/h9-13,17-18,20-22,28,32,40,57H,8,14-16,19H2,1-7H3. The molecule has 2 fully saturated rings. The molecule has 7 aromatic rings. The number of fused-ring (bicyclic) bond motifs is 6. The number of thiophene rings is 1. The number of benzene rings is 3. The van der Waals surface area contributed by atoms with E-state index in [0.717, 1.165) is 25.1 Å². The molecule has 1 N–H and O–H groups in total. The van der Waals surface area contributed by atoms with Gasteiger partial charge in [0.1, 0.15) is 17.2 Å². The lowest BCUT2D eigenvalue weighted by Crippen LogP contribution is -2.49. The number of aryl methyl sites for hydroxylation is 4. The normalized spacial score (nSPS) is 20.2. The number of rotatable bonds is 10. The zero-order valence-electron chi connectivity index (χ0n) is 37.1. The zero-order chi connectivity index (χ0) is 46.7. The fourth-order valence-electron chi connectivity index (χ4n) is 10.4. The van der Waals surface area contributed by atoms with Gasteiger partial charge in [-0.3, -0.25) is 19.1 Å². The highest BCUT2D eigenvalue weighted by molar-refractivity contribution is 7.22. The number of imide groups is 1. The van der Waals surface area contributed by atoms with Crippen molar-refractivity contribution in [1.82, 2.24) is 33.3 Å². The number of anilines is 1. The van der Waals surface area contributed by atoms with Gasteiger partial charge in [0.25, 0.3) is 5.56 Å². The van der Waals surface area contributed by atoms with E-state index in [2.05, 4.69) is 4.98 Å². The highest BCUT2D eigenvalue weighted by atomic mass is 35.5. The number of carbonyl (C=O) groups excluding carboxylic acids is 2. The summed E-state index contributed by atoms with van der Waals surface area (Å²) in [4.78, 5) is 79.6. The summed E-state index contributed by atoms with van der Waals surface area (Å²) in [5.74, 6) is -1.44. The first-order valence-corrected chi connectivity index (χ1v) is 22.6. The highest BCUT2D eigenvalue weighted by Crippen LogP contribution is 2.61. The summed E-state index contributed by atoms with van der Waals surface area (Å²) < 4.78 is 24.5. The molecule has 4 atom stereocenters. The minimum absolute atomic E-state index is 0.00512. The van der Waals surface area contributed by atoms with Crippen LogP contribution in [0.15, 0.2) is 80.6 Å². The molecule has 19 heteroatoms. The van der Waals surface area contributed by atoms with Crippen molar-refractivity contribution in [2.24, 2.45) is 25.4 Å². The van der Waals surface area contributed by atoms with E-state index in [1.165, 1.54) is 55.1 Å². The molecule has 0 radical (unpaired) electrons. The van der Waals surface area contributed by atoms with E-state index in [1.54, 1.807) is 58.3 Å². The molecule has 340 valence electrons. The van der Waals surface area contributed by atoms with Crippen LogP contribution in [0.2, 0.25) is 5.02 Å². The molecule has 6 heterocycles. The molecule has 2 amide bonds. The molecule has 17 nitrogen and oxygen atoms in total. The number of methoxy groups -OCH3 is 2. The third-order valence-corrected chi connectivity index (χ3v) is 15.2. The van der Waals surface area contributed by atoms with Gasteiger partial charge in [-0.1, -0.05) is 23.7 Å². The molecule has 4 unspecified atom stereocenters. The second kappa shape index (κ2) is 15.6. The Labute approximate surface area is 385 Å². The van der Waals surface area contributed by atoms with Crippen molar-refractivity contribution in [2.75, 3.05) is 25.7 Å². The number of hydrogen-bond acceptors (Lipinski definition) is 12. The van der Waals surface area contributed by atoms with Crippen LogP contribution in [0.3, 0.4) is 0 Å². The van der Waals surface area contributed by atoms with Crippen molar-refractivity contribution in [3.05, 3.63) is 119 Å². The lowest BCUT2D eigenvalue weighted by molar-refractivity contribution is -0.129. The van der Waals surface area contributed by atoms with Crippen LogP contribution in [0, 0.1) is 18.3 Å². The average molecular weight is 933 g/mol. The quantitative estimate of drug-likeness (QED) is 0.128. The van der Waals surface area contributed by atoms with Crippen molar-refractivity contribution >= 4 is 61.7 Å². The van der Waals surface area contributed by atoms with Crippen molar-refractivity contribution < 1.29 is 28.9 Å². The van der Waals surface area contributed by atoms with Crippen LogP contribution in [0.5, 0.6) is 23.0 Å². The Hall–Kier alpha value is -6.92. The molecule has 66 heavy (non-hydrogen) atoms. The van der Waals surface area contributed by atoms with Crippen LogP contribution in [0.4, 0.5) is 5.82 Å². The van der Waals surface area contributed by atoms with Crippen molar-refractivity contribution in [2.45, 2.75) is 58.7 Å². The van der Waals surface area contributed by atoms with Gasteiger partial charge in [0, 0.05) is 60.9 Å². The predicted molar refractivity (Wildman–Crippen MR) is 248 cm³/mol. The molecule has 1 saturated heterocycles. The largest absolute Gasteiger partial charge is 0.504 e. The second-order valence-electron chi connectivity index (χ2n) is 17.1. The number of amides is 2. The molecule has 4 aromatic heterocycles. The first-order chi connectivity index (χ1) is 31.6. The molecule has 0 spiro atoms. The Bertz CT molecular complexity index is 3450. The van der Waals surface area contributed by atoms with Gasteiger partial charge in [-0.2, -0.15) is 5.10 Å². The number of ether oxygens (including phenoxy) is 3. The molecule has 1 saturated carbocycles. The predicted octanol–water partition coefficient (Wildman–Crippen LogP) is 5.86. The third kappa shape index (κ3) is 6.21. The summed E-state index contributed by atoms with van der Waals surface area (Å²) in [5.41, 5.74) is 0.913. The van der Waals surface area contributed by atoms with Gasteiger partial charge in [0.2, 0.25) is 11.8 Å². The highest BCUT2D eigenvalue weighted by Gasteiger charge is 2.66. The summed E-state index contributed by atoms with van der Waals surface area (Å²) in [5, 5.41) is 17.2. The van der Waals surface area contributed by atoms with E-state index < -0.39 is 52.0 Å². The Morgan fingerprint density at radius 3 is 2.45 bits per heavy atom. The van der Waals surface area contributed by atoms with E-state index in [0.29, 0.717) is 44.4 Å². The van der Waals surface area contributed by atoms with Gasteiger partial charge < -0.3 is 23.9 Å². The van der Waals surface area contributed by atoms with Crippen molar-refractivity contribution in [1.29, 1.82) is 0 Å². The fourth-order valence-corrected chi connectivity index (χ4v) is 11.7. The summed E-state index contributed by atoms with van der Waals surface area (Å²) in [6.07, 6.45) is 1.84. The minimum atomic E-state index is -1.39. The number of carbonyl (C=O) groups is 2. The second-order valence-corrected chi connectivity index (χ2v) is 18.6. The van der Waals surface area contributed by atoms with Gasteiger partial charge in [0.15, 0.2) is 23.0 Å². The molecular weight excluding hydrogens is 888 g/mol. The number of aromatic nitrogens is 7. The molecule has 3 aromatic carbocycles. The minimum Gasteiger partial charge on any atom is -0.504 e. The van der Waals surface area contributed by atoms with E-state index in [-0.39, 0.29) is 55.5 Å². The van der Waals surface area contributed by atoms with Gasteiger partial charge >= 0.3 is 11.4 Å². The van der Waals surface area contributed by atoms with Crippen LogP contribution in [0.1, 0.15) is 49.0 Å². The zero-order valence-corrected chi connectivity index (χ0v) is 38.7. The van der Waals surface area contributed by atoms with Gasteiger partial charge in [-0.05, 0) is 79.6 Å². The third-order valence-electron chi connectivity index (χ3n) is 13.7. The summed E-state index contributed by atoms with van der Waals surface area (Å²) in [7, 11) is 6.29.